The smallest absolute Gasteiger partial charge is 0.339 e. The van der Waals surface area contributed by atoms with Gasteiger partial charge >= 0.3 is 10.1 Å². The van der Waals surface area contributed by atoms with Gasteiger partial charge in [-0.1, -0.05) is 72.0 Å². The molecular weight excluding hydrogens is 450 g/mol. The number of anilines is 1. The second kappa shape index (κ2) is 8.66. The number of benzene rings is 3. The Balaban J connectivity index is 1.57. The van der Waals surface area contributed by atoms with Crippen LogP contribution in [0.15, 0.2) is 88.7 Å². The number of hydrogen-bond donors (Lipinski definition) is 0. The van der Waals surface area contributed by atoms with Crippen molar-refractivity contribution in [3.05, 3.63) is 94.9 Å². The molecule has 0 aliphatic carbocycles. The van der Waals surface area contributed by atoms with Crippen molar-refractivity contribution in [2.24, 2.45) is 0 Å². The lowest BCUT2D eigenvalue weighted by Gasteiger charge is -2.13. The van der Waals surface area contributed by atoms with Crippen LogP contribution < -0.4 is 9.08 Å². The van der Waals surface area contributed by atoms with E-state index in [1.54, 1.807) is 42.5 Å². The lowest BCUT2D eigenvalue weighted by atomic mass is 10.2. The van der Waals surface area contributed by atoms with Crippen LogP contribution in [0, 0.1) is 6.92 Å². The number of thioether (sulfide) groups is 1. The molecule has 3 aromatic carbocycles. The van der Waals surface area contributed by atoms with Gasteiger partial charge < -0.3 is 4.18 Å². The Morgan fingerprint density at radius 2 is 1.68 bits per heavy atom. The minimum absolute atomic E-state index is 0.0761. The zero-order chi connectivity index (χ0) is 22.0. The number of para-hydroxylation sites is 1. The summed E-state index contributed by atoms with van der Waals surface area (Å²) in [7, 11) is -3.96. The molecule has 5 nitrogen and oxygen atoms in total. The van der Waals surface area contributed by atoms with Crippen molar-refractivity contribution in [2.75, 3.05) is 4.90 Å². The van der Waals surface area contributed by atoms with E-state index >= 15 is 0 Å². The summed E-state index contributed by atoms with van der Waals surface area (Å²) < 4.78 is 30.8. The number of amides is 1. The molecule has 8 heteroatoms. The first-order valence-electron chi connectivity index (χ1n) is 9.28. The van der Waals surface area contributed by atoms with Crippen LogP contribution in [-0.4, -0.2) is 18.6 Å². The first-order valence-corrected chi connectivity index (χ1v) is 11.9. The highest BCUT2D eigenvalue weighted by Gasteiger charge is 2.33. The Morgan fingerprint density at radius 3 is 2.39 bits per heavy atom. The van der Waals surface area contributed by atoms with E-state index in [9.17, 15) is 13.2 Å². The SMILES string of the molecule is Cc1ccc(S(=O)(=O)Oc2cccc(/C=C3/SC(=S)N(c4ccccc4)C3=O)c2)cc1. The minimum Gasteiger partial charge on any atom is -0.379 e. The normalized spacial score (nSPS) is 15.5. The third-order valence-electron chi connectivity index (χ3n) is 4.48. The highest BCUT2D eigenvalue weighted by Crippen LogP contribution is 2.36. The summed E-state index contributed by atoms with van der Waals surface area (Å²) in [6.45, 7) is 1.88. The van der Waals surface area contributed by atoms with Crippen LogP contribution in [0.3, 0.4) is 0 Å². The summed E-state index contributed by atoms with van der Waals surface area (Å²) in [6, 6.07) is 22.2. The molecule has 4 rings (SSSR count). The fraction of sp³-hybridized carbons (Fsp3) is 0.0435. The third kappa shape index (κ3) is 4.71. The predicted molar refractivity (Wildman–Crippen MR) is 128 cm³/mol. The van der Waals surface area contributed by atoms with Crippen molar-refractivity contribution >= 4 is 56.1 Å². The van der Waals surface area contributed by atoms with E-state index in [4.69, 9.17) is 16.4 Å². The van der Waals surface area contributed by atoms with Gasteiger partial charge in [-0.05, 0) is 55.0 Å². The Morgan fingerprint density at radius 1 is 0.968 bits per heavy atom. The van der Waals surface area contributed by atoms with Gasteiger partial charge in [0.1, 0.15) is 10.6 Å². The molecule has 1 amide bonds. The van der Waals surface area contributed by atoms with Gasteiger partial charge in [-0.25, -0.2) is 0 Å². The zero-order valence-electron chi connectivity index (χ0n) is 16.4. The molecule has 1 heterocycles. The molecule has 1 fully saturated rings. The molecule has 3 aromatic rings. The molecule has 31 heavy (non-hydrogen) atoms. The average molecular weight is 468 g/mol. The van der Waals surface area contributed by atoms with E-state index in [0.717, 1.165) is 5.56 Å². The van der Waals surface area contributed by atoms with Crippen molar-refractivity contribution in [3.63, 3.8) is 0 Å². The highest BCUT2D eigenvalue weighted by atomic mass is 32.2. The van der Waals surface area contributed by atoms with Crippen LogP contribution >= 0.6 is 24.0 Å². The molecule has 0 N–H and O–H groups in total. The van der Waals surface area contributed by atoms with E-state index in [2.05, 4.69) is 0 Å². The second-order valence-corrected chi connectivity index (χ2v) is 10.00. The van der Waals surface area contributed by atoms with E-state index in [1.807, 2.05) is 37.3 Å². The highest BCUT2D eigenvalue weighted by molar-refractivity contribution is 8.27. The lowest BCUT2D eigenvalue weighted by Crippen LogP contribution is -2.27. The molecule has 0 spiro atoms. The second-order valence-electron chi connectivity index (χ2n) is 6.78. The number of carbonyl (C=O) groups is 1. The Bertz CT molecular complexity index is 1280. The largest absolute Gasteiger partial charge is 0.379 e. The molecule has 1 saturated heterocycles. The van der Waals surface area contributed by atoms with E-state index in [-0.39, 0.29) is 16.6 Å². The van der Waals surface area contributed by atoms with Crippen molar-refractivity contribution in [3.8, 4) is 5.75 Å². The third-order valence-corrected chi connectivity index (χ3v) is 7.04. The molecule has 1 aliphatic heterocycles. The van der Waals surface area contributed by atoms with Crippen molar-refractivity contribution in [1.29, 1.82) is 0 Å². The summed E-state index contributed by atoms with van der Waals surface area (Å²) >= 11 is 6.58. The summed E-state index contributed by atoms with van der Waals surface area (Å²) in [5.41, 5.74) is 2.29. The van der Waals surface area contributed by atoms with Gasteiger partial charge in [-0.2, -0.15) is 8.42 Å². The van der Waals surface area contributed by atoms with Gasteiger partial charge in [0, 0.05) is 0 Å². The van der Waals surface area contributed by atoms with Crippen LogP contribution in [0.25, 0.3) is 6.08 Å². The molecule has 0 aromatic heterocycles. The quantitative estimate of drug-likeness (QED) is 0.293. The van der Waals surface area contributed by atoms with Crippen LogP contribution in [0.1, 0.15) is 11.1 Å². The zero-order valence-corrected chi connectivity index (χ0v) is 18.8. The molecule has 0 bridgehead atoms. The first kappa shape index (κ1) is 21.3. The van der Waals surface area contributed by atoms with Gasteiger partial charge in [-0.15, -0.1) is 0 Å². The number of carbonyl (C=O) groups excluding carboxylic acids is 1. The summed E-state index contributed by atoms with van der Waals surface area (Å²) in [5, 5.41) is 0. The predicted octanol–water partition coefficient (Wildman–Crippen LogP) is 5.17. The number of thiocarbonyl (C=S) groups is 1. The topological polar surface area (TPSA) is 63.7 Å². The van der Waals surface area contributed by atoms with E-state index < -0.39 is 10.1 Å². The van der Waals surface area contributed by atoms with Crippen LogP contribution in [0.4, 0.5) is 5.69 Å². The van der Waals surface area contributed by atoms with Crippen molar-refractivity contribution < 1.29 is 17.4 Å². The van der Waals surface area contributed by atoms with Gasteiger partial charge in [0.25, 0.3) is 5.91 Å². The minimum atomic E-state index is -3.96. The molecular formula is C23H17NO4S3. The lowest BCUT2D eigenvalue weighted by molar-refractivity contribution is -0.113. The molecule has 1 aliphatic rings. The van der Waals surface area contributed by atoms with Crippen LogP contribution in [-0.2, 0) is 14.9 Å². The summed E-state index contributed by atoms with van der Waals surface area (Å²) in [5.74, 6) is -0.0624. The Hall–Kier alpha value is -2.94. The van der Waals surface area contributed by atoms with Crippen molar-refractivity contribution in [1.82, 2.24) is 0 Å². The maximum atomic E-state index is 12.9. The molecule has 0 radical (unpaired) electrons. The fourth-order valence-corrected chi connectivity index (χ4v) is 5.18. The Kier molecular flexibility index (Phi) is 5.95. The average Bonchev–Trinajstić information content (AvgIpc) is 3.02. The molecule has 0 saturated carbocycles. The standard InChI is InChI=1S/C23H17NO4S3/c1-16-10-12-20(13-11-16)31(26,27)28-19-9-5-6-17(14-19)15-21-22(25)24(23(29)30-21)18-7-3-2-4-8-18/h2-15H,1H3/b21-15+. The van der Waals surface area contributed by atoms with Crippen molar-refractivity contribution in [2.45, 2.75) is 11.8 Å². The Labute approximate surface area is 190 Å². The van der Waals surface area contributed by atoms with Crippen LogP contribution in [0.5, 0.6) is 5.75 Å². The summed E-state index contributed by atoms with van der Waals surface area (Å²) in [4.78, 5) is 14.9. The van der Waals surface area contributed by atoms with Gasteiger partial charge in [-0.3, -0.25) is 9.69 Å². The number of rotatable bonds is 5. The monoisotopic (exact) mass is 467 g/mol. The maximum Gasteiger partial charge on any atom is 0.339 e. The fourth-order valence-electron chi connectivity index (χ4n) is 2.95. The summed E-state index contributed by atoms with van der Waals surface area (Å²) in [6.07, 6.45) is 1.67. The number of aryl methyl sites for hydroxylation is 1. The van der Waals surface area contributed by atoms with Crippen LogP contribution in [0.2, 0.25) is 0 Å². The van der Waals surface area contributed by atoms with Gasteiger partial charge in [0.05, 0.1) is 10.6 Å². The number of hydrogen-bond acceptors (Lipinski definition) is 6. The van der Waals surface area contributed by atoms with Gasteiger partial charge in [0.2, 0.25) is 0 Å². The maximum absolute atomic E-state index is 12.9. The molecule has 0 atom stereocenters. The number of nitrogens with zero attached hydrogens (tertiary/aromatic N) is 1. The molecule has 0 unspecified atom stereocenters. The van der Waals surface area contributed by atoms with E-state index in [0.29, 0.717) is 20.5 Å². The molecule has 156 valence electrons. The first-order chi connectivity index (χ1) is 14.8. The van der Waals surface area contributed by atoms with Gasteiger partial charge in [0.15, 0.2) is 4.32 Å². The van der Waals surface area contributed by atoms with E-state index in [1.165, 1.54) is 28.8 Å².